The van der Waals surface area contributed by atoms with Crippen LogP contribution in [0.15, 0.2) is 230 Å². The Morgan fingerprint density at radius 3 is 1.60 bits per heavy atom. The van der Waals surface area contributed by atoms with E-state index < -0.39 is 5.41 Å². The Labute approximate surface area is 392 Å². The lowest BCUT2D eigenvalue weighted by atomic mass is 9.58. The van der Waals surface area contributed by atoms with Crippen molar-refractivity contribution in [3.63, 3.8) is 0 Å². The highest BCUT2D eigenvalue weighted by molar-refractivity contribution is 6.01. The molecule has 0 saturated heterocycles. The normalized spacial score (nSPS) is 18.8. The molecule has 0 radical (unpaired) electrons. The predicted molar refractivity (Wildman–Crippen MR) is 272 cm³/mol. The van der Waals surface area contributed by atoms with Crippen LogP contribution in [0.25, 0.3) is 5.57 Å². The molecule has 0 N–H and O–H groups in total. The Hall–Kier alpha value is -8.64. The molecule has 2 atom stereocenters. The molecule has 2 heterocycles. The molecule has 12 rings (SSSR count). The second-order valence-corrected chi connectivity index (χ2v) is 18.3. The van der Waals surface area contributed by atoms with Gasteiger partial charge in [0.1, 0.15) is 17.7 Å². The summed E-state index contributed by atoms with van der Waals surface area (Å²) in [5, 5.41) is 20.9. The van der Waals surface area contributed by atoms with E-state index in [1.165, 1.54) is 16.9 Å². The summed E-state index contributed by atoms with van der Waals surface area (Å²) in [5.74, 6) is 0.318. The van der Waals surface area contributed by atoms with Gasteiger partial charge in [-0.2, -0.15) is 10.5 Å². The lowest BCUT2D eigenvalue weighted by Gasteiger charge is -2.54. The standard InChI is InChI=1S/C62H45N5/c1-61(2)53-26-13-14-28-55(53)67-57-30-16-15-29-56(57)66(58-31-17-27-54(61)60(58)67)48-38-34-44(35-39-48)62(51-24-11-9-22-49(51)59(42(40-63)41-64)50-23-10-12-25-52(50)62)43-32-36-47(37-33-43)65(45-18-5-3-6-19-45)46-20-7-4-8-21-46/h3-39,53,55H,1-2H3. The maximum atomic E-state index is 10.4. The topological polar surface area (TPSA) is 57.3 Å². The van der Waals surface area contributed by atoms with Gasteiger partial charge < -0.3 is 14.7 Å². The molecule has 0 amide bonds. The summed E-state index contributed by atoms with van der Waals surface area (Å²) in [6.07, 6.45) is 9.17. The second kappa shape index (κ2) is 15.5. The van der Waals surface area contributed by atoms with Crippen molar-refractivity contribution in [1.29, 1.82) is 10.5 Å². The molecule has 2 aliphatic carbocycles. The summed E-state index contributed by atoms with van der Waals surface area (Å²) >= 11 is 0. The van der Waals surface area contributed by atoms with Gasteiger partial charge in [0, 0.05) is 39.7 Å². The van der Waals surface area contributed by atoms with Gasteiger partial charge in [-0.1, -0.05) is 172 Å². The first kappa shape index (κ1) is 39.9. The van der Waals surface area contributed by atoms with Gasteiger partial charge in [0.05, 0.1) is 34.2 Å². The van der Waals surface area contributed by atoms with Gasteiger partial charge in [-0.3, -0.25) is 0 Å². The van der Waals surface area contributed by atoms with Crippen LogP contribution in [0.5, 0.6) is 0 Å². The summed E-state index contributed by atoms with van der Waals surface area (Å²) in [5.41, 5.74) is 16.0. The molecular formula is C62H45N5. The van der Waals surface area contributed by atoms with E-state index in [-0.39, 0.29) is 17.0 Å². The average molecular weight is 860 g/mol. The first-order valence-corrected chi connectivity index (χ1v) is 23.0. The van der Waals surface area contributed by atoms with Crippen molar-refractivity contribution in [3.8, 4) is 12.1 Å². The van der Waals surface area contributed by atoms with Crippen LogP contribution >= 0.6 is 0 Å². The zero-order valence-corrected chi connectivity index (χ0v) is 37.3. The number of anilines is 8. The number of allylic oxidation sites excluding steroid dienone is 3. The van der Waals surface area contributed by atoms with E-state index in [4.69, 9.17) is 0 Å². The number of nitriles is 2. The molecule has 318 valence electrons. The summed E-state index contributed by atoms with van der Waals surface area (Å²) in [6.45, 7) is 4.79. The Morgan fingerprint density at radius 1 is 0.493 bits per heavy atom. The quantitative estimate of drug-likeness (QED) is 0.156. The number of nitrogens with zero attached hydrogens (tertiary/aromatic N) is 5. The average Bonchev–Trinajstić information content (AvgIpc) is 3.39. The molecule has 5 heteroatoms. The predicted octanol–water partition coefficient (Wildman–Crippen LogP) is 15.0. The molecule has 0 fully saturated rings. The molecule has 2 unspecified atom stereocenters. The number of hydrogen-bond donors (Lipinski definition) is 0. The smallest absolute Gasteiger partial charge is 0.138 e. The fraction of sp³-hybridized carbons (Fsp3) is 0.0968. The maximum Gasteiger partial charge on any atom is 0.138 e. The first-order chi connectivity index (χ1) is 32.9. The number of fused-ring (bicyclic) bond motifs is 6. The SMILES string of the molecule is CC1(C)c2cccc3c2N(c2ccccc2N3c2ccc(C3(c4ccc(N(c5ccccc5)c5ccccc5)cc4)c4ccccc4C(=C(C#N)C#N)c4ccccc43)cc2)C2C=CC=CC21. The van der Waals surface area contributed by atoms with Crippen molar-refractivity contribution in [3.05, 3.63) is 269 Å². The molecule has 0 spiro atoms. The molecular weight excluding hydrogens is 815 g/mol. The van der Waals surface area contributed by atoms with Gasteiger partial charge in [-0.25, -0.2) is 0 Å². The molecule has 0 aromatic heterocycles. The van der Waals surface area contributed by atoms with Crippen LogP contribution in [0.2, 0.25) is 0 Å². The zero-order chi connectivity index (χ0) is 45.3. The third kappa shape index (κ3) is 5.85. The molecule has 5 nitrogen and oxygen atoms in total. The van der Waals surface area contributed by atoms with Crippen LogP contribution in [0.4, 0.5) is 45.5 Å². The van der Waals surface area contributed by atoms with E-state index >= 15 is 0 Å². The van der Waals surface area contributed by atoms with E-state index in [1.54, 1.807) is 0 Å². The van der Waals surface area contributed by atoms with Gasteiger partial charge in [-0.05, 0) is 106 Å². The molecule has 8 aromatic carbocycles. The van der Waals surface area contributed by atoms with Crippen LogP contribution < -0.4 is 14.7 Å². The summed E-state index contributed by atoms with van der Waals surface area (Å²) in [4.78, 5) is 7.30. The Balaban J connectivity index is 1.07. The zero-order valence-electron chi connectivity index (χ0n) is 37.3. The number of rotatable bonds is 6. The molecule has 0 bridgehead atoms. The summed E-state index contributed by atoms with van der Waals surface area (Å²) < 4.78 is 0. The van der Waals surface area contributed by atoms with Crippen molar-refractivity contribution in [2.75, 3.05) is 14.7 Å². The fourth-order valence-electron chi connectivity index (χ4n) is 11.7. The minimum Gasteiger partial charge on any atom is -0.330 e. The lowest BCUT2D eigenvalue weighted by Crippen LogP contribution is -2.51. The number of para-hydroxylation sites is 5. The maximum absolute atomic E-state index is 10.4. The lowest BCUT2D eigenvalue weighted by molar-refractivity contribution is 0.332. The molecule has 0 saturated carbocycles. The van der Waals surface area contributed by atoms with Gasteiger partial charge in [-0.15, -0.1) is 0 Å². The van der Waals surface area contributed by atoms with Crippen molar-refractivity contribution in [2.45, 2.75) is 30.7 Å². The van der Waals surface area contributed by atoms with Crippen molar-refractivity contribution in [2.24, 2.45) is 5.92 Å². The minimum absolute atomic E-state index is 0.0945. The van der Waals surface area contributed by atoms with E-state index in [9.17, 15) is 10.5 Å². The molecule has 4 aliphatic rings. The van der Waals surface area contributed by atoms with Crippen LogP contribution in [0.3, 0.4) is 0 Å². The highest BCUT2D eigenvalue weighted by Crippen LogP contribution is 2.61. The fourth-order valence-corrected chi connectivity index (χ4v) is 11.7. The van der Waals surface area contributed by atoms with E-state index in [0.717, 1.165) is 67.5 Å². The molecule has 67 heavy (non-hydrogen) atoms. The largest absolute Gasteiger partial charge is 0.330 e. The third-order valence-electron chi connectivity index (χ3n) is 14.6. The summed E-state index contributed by atoms with van der Waals surface area (Å²) in [7, 11) is 0. The van der Waals surface area contributed by atoms with Crippen molar-refractivity contribution < 1.29 is 0 Å². The third-order valence-corrected chi connectivity index (χ3v) is 14.6. The van der Waals surface area contributed by atoms with E-state index in [1.807, 2.05) is 24.3 Å². The van der Waals surface area contributed by atoms with Crippen LogP contribution in [-0.4, -0.2) is 6.04 Å². The Bertz CT molecular complexity index is 3320. The molecule has 2 aliphatic heterocycles. The van der Waals surface area contributed by atoms with Gasteiger partial charge in [0.15, 0.2) is 0 Å². The van der Waals surface area contributed by atoms with Gasteiger partial charge in [0.25, 0.3) is 0 Å². The number of hydrogen-bond acceptors (Lipinski definition) is 5. The van der Waals surface area contributed by atoms with Gasteiger partial charge >= 0.3 is 0 Å². The Kier molecular flexibility index (Phi) is 9.24. The highest BCUT2D eigenvalue weighted by atomic mass is 15.3. The highest BCUT2D eigenvalue weighted by Gasteiger charge is 2.49. The van der Waals surface area contributed by atoms with Crippen LogP contribution in [0, 0.1) is 28.6 Å². The monoisotopic (exact) mass is 859 g/mol. The van der Waals surface area contributed by atoms with Gasteiger partial charge in [0.2, 0.25) is 0 Å². The first-order valence-electron chi connectivity index (χ1n) is 23.0. The van der Waals surface area contributed by atoms with Crippen molar-refractivity contribution in [1.82, 2.24) is 0 Å². The van der Waals surface area contributed by atoms with E-state index in [0.29, 0.717) is 11.5 Å². The van der Waals surface area contributed by atoms with Crippen LogP contribution in [0.1, 0.15) is 52.8 Å². The Morgan fingerprint density at radius 2 is 0.985 bits per heavy atom. The van der Waals surface area contributed by atoms with Crippen LogP contribution in [-0.2, 0) is 10.8 Å². The second-order valence-electron chi connectivity index (χ2n) is 18.3. The number of benzene rings is 8. The molecule has 8 aromatic rings. The van der Waals surface area contributed by atoms with E-state index in [2.05, 4.69) is 241 Å². The summed E-state index contributed by atoms with van der Waals surface area (Å²) in [6, 6.07) is 76.0. The van der Waals surface area contributed by atoms with Crippen molar-refractivity contribution >= 4 is 51.1 Å². The minimum atomic E-state index is -0.837.